The summed E-state index contributed by atoms with van der Waals surface area (Å²) >= 11 is 0. The predicted molar refractivity (Wildman–Crippen MR) is 114 cm³/mol. The van der Waals surface area contributed by atoms with E-state index in [0.29, 0.717) is 45.5 Å². The number of hydrogen-bond acceptors (Lipinski definition) is 8. The van der Waals surface area contributed by atoms with E-state index in [1.165, 1.54) is 6.20 Å². The van der Waals surface area contributed by atoms with E-state index in [-0.39, 0.29) is 5.82 Å². The van der Waals surface area contributed by atoms with Crippen molar-refractivity contribution >= 4 is 28.7 Å². The molecule has 31 heavy (non-hydrogen) atoms. The molecule has 4 aromatic rings. The average molecular weight is 420 g/mol. The van der Waals surface area contributed by atoms with Crippen molar-refractivity contribution in [2.45, 2.75) is 13.8 Å². The van der Waals surface area contributed by atoms with Crippen molar-refractivity contribution in [2.24, 2.45) is 0 Å². The Morgan fingerprint density at radius 2 is 1.81 bits per heavy atom. The third-order valence-electron chi connectivity index (χ3n) is 4.60. The lowest BCUT2D eigenvalue weighted by molar-refractivity contribution is 0.262. The van der Waals surface area contributed by atoms with Crippen LogP contribution in [0.5, 0.6) is 11.5 Å². The van der Waals surface area contributed by atoms with Gasteiger partial charge in [0.1, 0.15) is 16.9 Å². The third-order valence-corrected chi connectivity index (χ3v) is 4.60. The Morgan fingerprint density at radius 3 is 2.52 bits per heavy atom. The largest absolute Gasteiger partial charge is 0.493 e. The molecule has 3 heterocycles. The van der Waals surface area contributed by atoms with Crippen LogP contribution in [0.15, 0.2) is 41.1 Å². The van der Waals surface area contributed by atoms with Gasteiger partial charge in [0.15, 0.2) is 28.7 Å². The van der Waals surface area contributed by atoms with E-state index in [9.17, 15) is 4.79 Å². The number of aryl methyl sites for hydroxylation is 2. The highest BCUT2D eigenvalue weighted by Gasteiger charge is 2.14. The molecule has 3 aromatic heterocycles. The zero-order chi connectivity index (χ0) is 22.0. The number of fused-ring (bicyclic) bond motifs is 1. The van der Waals surface area contributed by atoms with Gasteiger partial charge in [-0.15, -0.1) is 0 Å². The van der Waals surface area contributed by atoms with E-state index in [0.717, 1.165) is 5.56 Å². The number of methoxy groups -OCH3 is 2. The SMILES string of the molecule is COc1ccc(-c2ccc3ncc(NC(=O)Nc4c(C)noc4C)nc3n2)cc1OC. The fourth-order valence-corrected chi connectivity index (χ4v) is 3.04. The number of amides is 2. The Labute approximate surface area is 177 Å². The summed E-state index contributed by atoms with van der Waals surface area (Å²) in [6, 6.07) is 8.69. The smallest absolute Gasteiger partial charge is 0.325 e. The molecule has 0 aliphatic rings. The summed E-state index contributed by atoms with van der Waals surface area (Å²) in [6.45, 7) is 3.45. The Kier molecular flexibility index (Phi) is 5.35. The summed E-state index contributed by atoms with van der Waals surface area (Å²) in [6.07, 6.45) is 1.47. The maximum absolute atomic E-state index is 12.3. The fraction of sp³-hybridized carbons (Fsp3) is 0.190. The van der Waals surface area contributed by atoms with Gasteiger partial charge in [0.2, 0.25) is 0 Å². The molecule has 0 unspecified atom stereocenters. The fourth-order valence-electron chi connectivity index (χ4n) is 3.04. The topological polar surface area (TPSA) is 124 Å². The zero-order valence-corrected chi connectivity index (χ0v) is 17.4. The van der Waals surface area contributed by atoms with E-state index < -0.39 is 6.03 Å². The maximum atomic E-state index is 12.3. The van der Waals surface area contributed by atoms with Crippen LogP contribution >= 0.6 is 0 Å². The van der Waals surface area contributed by atoms with Crippen molar-refractivity contribution in [2.75, 3.05) is 24.9 Å². The maximum Gasteiger partial charge on any atom is 0.325 e. The molecule has 158 valence electrons. The number of urea groups is 1. The standard InChI is InChI=1S/C21H20N6O4/c1-11-19(12(2)31-27-11)26-21(28)25-18-10-22-15-7-6-14(23-20(15)24-18)13-5-8-16(29-3)17(9-13)30-4/h5-10H,1-4H3,(H2,23,24,25,26,28). The molecule has 0 saturated carbocycles. The number of rotatable bonds is 5. The number of carbonyl (C=O) groups is 1. The first-order valence-electron chi connectivity index (χ1n) is 9.35. The zero-order valence-electron chi connectivity index (χ0n) is 17.4. The van der Waals surface area contributed by atoms with Gasteiger partial charge >= 0.3 is 6.03 Å². The Hall–Kier alpha value is -4.21. The summed E-state index contributed by atoms with van der Waals surface area (Å²) in [5, 5.41) is 9.15. The molecule has 0 spiro atoms. The van der Waals surface area contributed by atoms with E-state index >= 15 is 0 Å². The monoisotopic (exact) mass is 420 g/mol. The van der Waals surface area contributed by atoms with Crippen LogP contribution in [0.2, 0.25) is 0 Å². The highest BCUT2D eigenvalue weighted by Crippen LogP contribution is 2.32. The van der Waals surface area contributed by atoms with Gasteiger partial charge in [0.05, 0.1) is 26.1 Å². The highest BCUT2D eigenvalue weighted by molar-refractivity contribution is 6.00. The van der Waals surface area contributed by atoms with E-state index in [1.54, 1.807) is 28.1 Å². The van der Waals surface area contributed by atoms with Gasteiger partial charge in [-0.25, -0.2) is 19.7 Å². The van der Waals surface area contributed by atoms with Crippen molar-refractivity contribution < 1.29 is 18.8 Å². The van der Waals surface area contributed by atoms with Gasteiger partial charge in [-0.05, 0) is 44.2 Å². The first kappa shape index (κ1) is 20.1. The second-order valence-electron chi connectivity index (χ2n) is 6.64. The first-order valence-corrected chi connectivity index (χ1v) is 9.35. The van der Waals surface area contributed by atoms with Crippen LogP contribution in [0, 0.1) is 13.8 Å². The molecule has 1 aromatic carbocycles. The van der Waals surface area contributed by atoms with Crippen molar-refractivity contribution in [1.29, 1.82) is 0 Å². The minimum absolute atomic E-state index is 0.258. The van der Waals surface area contributed by atoms with E-state index in [2.05, 4.69) is 30.7 Å². The lowest BCUT2D eigenvalue weighted by atomic mass is 10.1. The van der Waals surface area contributed by atoms with E-state index in [4.69, 9.17) is 14.0 Å². The molecular weight excluding hydrogens is 400 g/mol. The highest BCUT2D eigenvalue weighted by atomic mass is 16.5. The van der Waals surface area contributed by atoms with Crippen LogP contribution in [0.3, 0.4) is 0 Å². The number of aromatic nitrogens is 4. The quantitative estimate of drug-likeness (QED) is 0.497. The van der Waals surface area contributed by atoms with Crippen molar-refractivity contribution in [3.8, 4) is 22.8 Å². The van der Waals surface area contributed by atoms with Gasteiger partial charge < -0.3 is 19.3 Å². The summed E-state index contributed by atoms with van der Waals surface area (Å²) in [5.74, 6) is 1.99. The molecule has 10 heteroatoms. The molecule has 2 amide bonds. The Bertz CT molecular complexity index is 1250. The first-order chi connectivity index (χ1) is 15.0. The molecule has 0 aliphatic heterocycles. The molecule has 2 N–H and O–H groups in total. The Morgan fingerprint density at radius 1 is 1.00 bits per heavy atom. The van der Waals surface area contributed by atoms with Gasteiger partial charge in [-0.2, -0.15) is 0 Å². The number of benzene rings is 1. The van der Waals surface area contributed by atoms with Gasteiger partial charge in [-0.1, -0.05) is 5.16 Å². The molecule has 0 fully saturated rings. The molecule has 10 nitrogen and oxygen atoms in total. The van der Waals surface area contributed by atoms with Crippen molar-refractivity contribution in [3.05, 3.63) is 48.0 Å². The number of ether oxygens (including phenoxy) is 2. The normalized spacial score (nSPS) is 10.7. The van der Waals surface area contributed by atoms with Crippen LogP contribution in [-0.4, -0.2) is 40.4 Å². The Balaban J connectivity index is 1.59. The van der Waals surface area contributed by atoms with Crippen LogP contribution in [0.1, 0.15) is 11.5 Å². The minimum atomic E-state index is -0.487. The number of hydrogen-bond donors (Lipinski definition) is 2. The van der Waals surface area contributed by atoms with Gasteiger partial charge in [-0.3, -0.25) is 5.32 Å². The molecule has 0 atom stereocenters. The molecule has 4 rings (SSSR count). The number of nitrogens with zero attached hydrogens (tertiary/aromatic N) is 4. The van der Waals surface area contributed by atoms with Crippen LogP contribution in [0.25, 0.3) is 22.4 Å². The number of carbonyl (C=O) groups excluding carboxylic acids is 1. The minimum Gasteiger partial charge on any atom is -0.493 e. The van der Waals surface area contributed by atoms with Crippen LogP contribution < -0.4 is 20.1 Å². The predicted octanol–water partition coefficient (Wildman–Crippen LogP) is 3.96. The van der Waals surface area contributed by atoms with Crippen molar-refractivity contribution in [1.82, 2.24) is 20.1 Å². The molecule has 0 aliphatic carbocycles. The average Bonchev–Trinajstić information content (AvgIpc) is 3.10. The van der Waals surface area contributed by atoms with Gasteiger partial charge in [0, 0.05) is 5.56 Å². The number of anilines is 2. The summed E-state index contributed by atoms with van der Waals surface area (Å²) in [7, 11) is 3.16. The van der Waals surface area contributed by atoms with Gasteiger partial charge in [0.25, 0.3) is 0 Å². The molecule has 0 radical (unpaired) electrons. The second-order valence-corrected chi connectivity index (χ2v) is 6.64. The summed E-state index contributed by atoms with van der Waals surface area (Å²) in [5.41, 5.74) is 3.60. The molecular formula is C21H20N6O4. The van der Waals surface area contributed by atoms with Crippen molar-refractivity contribution in [3.63, 3.8) is 0 Å². The summed E-state index contributed by atoms with van der Waals surface area (Å²) in [4.78, 5) is 25.6. The summed E-state index contributed by atoms with van der Waals surface area (Å²) < 4.78 is 15.7. The number of pyridine rings is 1. The molecule has 0 bridgehead atoms. The van der Waals surface area contributed by atoms with Crippen LogP contribution in [0.4, 0.5) is 16.3 Å². The number of nitrogens with one attached hydrogen (secondary N) is 2. The lowest BCUT2D eigenvalue weighted by Gasteiger charge is -2.10. The second kappa shape index (κ2) is 8.27. The van der Waals surface area contributed by atoms with E-state index in [1.807, 2.05) is 30.3 Å². The third kappa shape index (κ3) is 4.08. The molecule has 0 saturated heterocycles. The lowest BCUT2D eigenvalue weighted by Crippen LogP contribution is -2.21. The van der Waals surface area contributed by atoms with Crippen LogP contribution in [-0.2, 0) is 0 Å².